The highest BCUT2D eigenvalue weighted by Crippen LogP contribution is 2.33. The van der Waals surface area contributed by atoms with E-state index in [2.05, 4.69) is 4.72 Å². The highest BCUT2D eigenvalue weighted by molar-refractivity contribution is 7.92. The summed E-state index contributed by atoms with van der Waals surface area (Å²) in [6, 6.07) is 4.13. The number of nitrogens with one attached hydrogen (secondary N) is 1. The minimum atomic E-state index is -4.73. The van der Waals surface area contributed by atoms with E-state index >= 15 is 0 Å². The molecule has 0 fully saturated rings. The fourth-order valence-electron chi connectivity index (χ4n) is 1.73. The van der Waals surface area contributed by atoms with Crippen molar-refractivity contribution in [3.63, 3.8) is 0 Å². The van der Waals surface area contributed by atoms with E-state index < -0.39 is 32.7 Å². The SMILES string of the molecule is CC(C)(C)CS(=O)(=O)Nc1ccc(C#N)c(C(F)(F)F)c1. The number of nitriles is 1. The van der Waals surface area contributed by atoms with Gasteiger partial charge in [0.25, 0.3) is 0 Å². The lowest BCUT2D eigenvalue weighted by Gasteiger charge is -2.19. The van der Waals surface area contributed by atoms with Gasteiger partial charge in [-0.2, -0.15) is 18.4 Å². The summed E-state index contributed by atoms with van der Waals surface area (Å²) in [6.45, 7) is 5.10. The molecule has 0 saturated heterocycles. The number of alkyl halides is 3. The molecule has 0 aromatic heterocycles. The van der Waals surface area contributed by atoms with Crippen LogP contribution < -0.4 is 4.72 Å². The number of sulfonamides is 1. The third-order valence-electron chi connectivity index (χ3n) is 2.34. The second kappa shape index (κ2) is 5.56. The van der Waals surface area contributed by atoms with Crippen LogP contribution >= 0.6 is 0 Å². The van der Waals surface area contributed by atoms with Gasteiger partial charge in [0.1, 0.15) is 0 Å². The molecule has 21 heavy (non-hydrogen) atoms. The van der Waals surface area contributed by atoms with Crippen molar-refractivity contribution >= 4 is 15.7 Å². The van der Waals surface area contributed by atoms with Gasteiger partial charge in [0.05, 0.1) is 22.9 Å². The second-order valence-corrected chi connectivity index (χ2v) is 7.51. The minimum Gasteiger partial charge on any atom is -0.284 e. The maximum absolute atomic E-state index is 12.8. The molecule has 1 aromatic rings. The lowest BCUT2D eigenvalue weighted by Crippen LogP contribution is -2.26. The van der Waals surface area contributed by atoms with E-state index in [4.69, 9.17) is 5.26 Å². The van der Waals surface area contributed by atoms with Crippen molar-refractivity contribution in [2.45, 2.75) is 26.9 Å². The summed E-state index contributed by atoms with van der Waals surface area (Å²) in [5.74, 6) is -0.235. The van der Waals surface area contributed by atoms with E-state index in [1.807, 2.05) is 0 Å². The van der Waals surface area contributed by atoms with Crippen LogP contribution in [0.25, 0.3) is 0 Å². The summed E-state index contributed by atoms with van der Waals surface area (Å²) in [5, 5.41) is 8.67. The van der Waals surface area contributed by atoms with Crippen LogP contribution in [0.3, 0.4) is 0 Å². The molecule has 8 heteroatoms. The van der Waals surface area contributed by atoms with Gasteiger partial charge in [-0.05, 0) is 23.6 Å². The van der Waals surface area contributed by atoms with E-state index in [1.54, 1.807) is 20.8 Å². The number of nitrogens with zero attached hydrogens (tertiary/aromatic N) is 1. The summed E-state index contributed by atoms with van der Waals surface area (Å²) in [6.07, 6.45) is -4.73. The topological polar surface area (TPSA) is 70.0 Å². The standard InChI is InChI=1S/C13H15F3N2O2S/c1-12(2,3)8-21(19,20)18-10-5-4-9(7-17)11(6-10)13(14,15)16/h4-6,18H,8H2,1-3H3. The largest absolute Gasteiger partial charge is 0.417 e. The van der Waals surface area contributed by atoms with Gasteiger partial charge in [-0.1, -0.05) is 20.8 Å². The number of hydrogen-bond acceptors (Lipinski definition) is 3. The van der Waals surface area contributed by atoms with Crippen molar-refractivity contribution in [2.24, 2.45) is 5.41 Å². The van der Waals surface area contributed by atoms with Crippen molar-refractivity contribution in [1.82, 2.24) is 0 Å². The molecule has 0 bridgehead atoms. The molecule has 0 aliphatic heterocycles. The molecule has 0 spiro atoms. The van der Waals surface area contributed by atoms with Crippen molar-refractivity contribution in [1.29, 1.82) is 5.26 Å². The molecule has 1 rings (SSSR count). The highest BCUT2D eigenvalue weighted by Gasteiger charge is 2.34. The molecule has 0 unspecified atom stereocenters. The van der Waals surface area contributed by atoms with Gasteiger partial charge in [0, 0.05) is 5.69 Å². The van der Waals surface area contributed by atoms with Crippen LogP contribution in [0.1, 0.15) is 31.9 Å². The molecule has 116 valence electrons. The molecule has 4 nitrogen and oxygen atoms in total. The normalized spacial score (nSPS) is 12.8. The van der Waals surface area contributed by atoms with E-state index in [-0.39, 0.29) is 11.4 Å². The van der Waals surface area contributed by atoms with Crippen LogP contribution in [0, 0.1) is 16.7 Å². The summed E-state index contributed by atoms with van der Waals surface area (Å²) in [7, 11) is -3.77. The third kappa shape index (κ3) is 5.27. The second-order valence-electron chi connectivity index (χ2n) is 5.79. The molecule has 1 N–H and O–H groups in total. The van der Waals surface area contributed by atoms with Gasteiger partial charge in [-0.25, -0.2) is 8.42 Å². The first-order valence-corrected chi connectivity index (χ1v) is 7.61. The first-order valence-electron chi connectivity index (χ1n) is 5.96. The van der Waals surface area contributed by atoms with Crippen LogP contribution in [0.4, 0.5) is 18.9 Å². The van der Waals surface area contributed by atoms with Gasteiger partial charge in [0.15, 0.2) is 0 Å². The van der Waals surface area contributed by atoms with Crippen molar-refractivity contribution in [3.05, 3.63) is 29.3 Å². The van der Waals surface area contributed by atoms with Crippen LogP contribution in [0.15, 0.2) is 18.2 Å². The summed E-state index contributed by atoms with van der Waals surface area (Å²) < 4.78 is 64.2. The van der Waals surface area contributed by atoms with Gasteiger partial charge in [0.2, 0.25) is 10.0 Å². The van der Waals surface area contributed by atoms with Gasteiger partial charge < -0.3 is 0 Å². The minimum absolute atomic E-state index is 0.217. The first-order chi connectivity index (χ1) is 9.34. The maximum atomic E-state index is 12.8. The Balaban J connectivity index is 3.15. The van der Waals surface area contributed by atoms with Crippen LogP contribution in [0.5, 0.6) is 0 Å². The molecular weight excluding hydrogens is 305 g/mol. The summed E-state index contributed by atoms with van der Waals surface area (Å²) >= 11 is 0. The molecule has 0 aliphatic carbocycles. The molecule has 0 saturated carbocycles. The number of halogens is 3. The lowest BCUT2D eigenvalue weighted by molar-refractivity contribution is -0.137. The Morgan fingerprint density at radius 2 is 1.81 bits per heavy atom. The number of rotatable bonds is 3. The molecular formula is C13H15F3N2O2S. The van der Waals surface area contributed by atoms with Gasteiger partial charge in [-0.15, -0.1) is 0 Å². The Bertz CT molecular complexity index is 668. The quantitative estimate of drug-likeness (QED) is 0.928. The smallest absolute Gasteiger partial charge is 0.284 e. The van der Waals surface area contributed by atoms with Crippen molar-refractivity contribution < 1.29 is 21.6 Å². The first kappa shape index (κ1) is 17.3. The van der Waals surface area contributed by atoms with Crippen LogP contribution in [0.2, 0.25) is 0 Å². The Kier molecular flexibility index (Phi) is 4.58. The van der Waals surface area contributed by atoms with Crippen molar-refractivity contribution in [2.75, 3.05) is 10.5 Å². The third-order valence-corrected chi connectivity index (χ3v) is 4.13. The zero-order valence-corrected chi connectivity index (χ0v) is 12.6. The fourth-order valence-corrected chi connectivity index (χ4v) is 3.42. The lowest BCUT2D eigenvalue weighted by atomic mass is 10.0. The Morgan fingerprint density at radius 1 is 1.24 bits per heavy atom. The van der Waals surface area contributed by atoms with Gasteiger partial charge >= 0.3 is 6.18 Å². The number of benzene rings is 1. The summed E-state index contributed by atoms with van der Waals surface area (Å²) in [5.41, 5.74) is -2.47. The number of hydrogen-bond donors (Lipinski definition) is 1. The van der Waals surface area contributed by atoms with Crippen LogP contribution in [-0.2, 0) is 16.2 Å². The predicted molar refractivity (Wildman–Crippen MR) is 73.0 cm³/mol. The van der Waals surface area contributed by atoms with E-state index in [0.717, 1.165) is 12.1 Å². The van der Waals surface area contributed by atoms with E-state index in [0.29, 0.717) is 6.07 Å². The Hall–Kier alpha value is -1.75. The monoisotopic (exact) mass is 320 g/mol. The van der Waals surface area contributed by atoms with Gasteiger partial charge in [-0.3, -0.25) is 4.72 Å². The van der Waals surface area contributed by atoms with Crippen molar-refractivity contribution in [3.8, 4) is 6.07 Å². The molecule has 0 aliphatic rings. The molecule has 0 atom stereocenters. The average Bonchev–Trinajstić information content (AvgIpc) is 2.23. The maximum Gasteiger partial charge on any atom is 0.417 e. The predicted octanol–water partition coefficient (Wildman–Crippen LogP) is 3.36. The highest BCUT2D eigenvalue weighted by atomic mass is 32.2. The molecule has 0 amide bonds. The van der Waals surface area contributed by atoms with E-state index in [9.17, 15) is 21.6 Å². The number of anilines is 1. The molecule has 1 aromatic carbocycles. The average molecular weight is 320 g/mol. The zero-order valence-electron chi connectivity index (χ0n) is 11.7. The molecule has 0 heterocycles. The van der Waals surface area contributed by atoms with E-state index in [1.165, 1.54) is 6.07 Å². The summed E-state index contributed by atoms with van der Waals surface area (Å²) in [4.78, 5) is 0. The zero-order chi connectivity index (χ0) is 16.5. The Labute approximate surface area is 121 Å². The van der Waals surface area contributed by atoms with Crippen LogP contribution in [-0.4, -0.2) is 14.2 Å². The fraction of sp³-hybridized carbons (Fsp3) is 0.462. The Morgan fingerprint density at radius 3 is 2.24 bits per heavy atom. The molecule has 0 radical (unpaired) electrons.